The van der Waals surface area contributed by atoms with Crippen molar-refractivity contribution in [2.24, 2.45) is 4.99 Å². The molecule has 1 aliphatic rings. The quantitative estimate of drug-likeness (QED) is 0.671. The molecule has 3 rings (SSSR count). The van der Waals surface area contributed by atoms with Crippen LogP contribution in [0.25, 0.3) is 0 Å². The van der Waals surface area contributed by atoms with Gasteiger partial charge in [0, 0.05) is 25.0 Å². The van der Waals surface area contributed by atoms with Crippen LogP contribution in [0.2, 0.25) is 0 Å². The van der Waals surface area contributed by atoms with E-state index in [1.807, 2.05) is 50.4 Å². The molecule has 0 N–H and O–H groups in total. The molecule has 2 aromatic carbocycles. The van der Waals surface area contributed by atoms with E-state index in [9.17, 15) is 0 Å². The zero-order valence-electron chi connectivity index (χ0n) is 14.6. The van der Waals surface area contributed by atoms with Gasteiger partial charge in [-0.2, -0.15) is 0 Å². The predicted molar refractivity (Wildman–Crippen MR) is 107 cm³/mol. The van der Waals surface area contributed by atoms with Crippen molar-refractivity contribution in [2.45, 2.75) is 20.0 Å². The van der Waals surface area contributed by atoms with Gasteiger partial charge >= 0.3 is 0 Å². The van der Waals surface area contributed by atoms with Crippen LogP contribution >= 0.6 is 15.9 Å². The largest absolute Gasteiger partial charge is 0.490 e. The second kappa shape index (κ2) is 8.50. The highest BCUT2D eigenvalue weighted by Gasteiger charge is 2.10. The molecule has 0 unspecified atom stereocenters. The van der Waals surface area contributed by atoms with Crippen molar-refractivity contribution in [1.29, 1.82) is 0 Å². The molecule has 0 bridgehead atoms. The summed E-state index contributed by atoms with van der Waals surface area (Å²) in [5.74, 6) is 0.849. The number of anilines is 1. The predicted octanol–water partition coefficient (Wildman–Crippen LogP) is 4.82. The minimum Gasteiger partial charge on any atom is -0.490 e. The van der Waals surface area contributed by atoms with Crippen molar-refractivity contribution in [3.63, 3.8) is 0 Å². The van der Waals surface area contributed by atoms with E-state index in [4.69, 9.17) is 9.47 Å². The molecule has 0 spiro atoms. The van der Waals surface area contributed by atoms with Gasteiger partial charge in [-0.15, -0.1) is 0 Å². The summed E-state index contributed by atoms with van der Waals surface area (Å²) in [5, 5.41) is 0. The summed E-state index contributed by atoms with van der Waals surface area (Å²) < 4.78 is 12.1. The Hall–Kier alpha value is -1.85. The van der Waals surface area contributed by atoms with E-state index < -0.39 is 0 Å². The molecule has 0 saturated carbocycles. The van der Waals surface area contributed by atoms with Gasteiger partial charge in [-0.25, -0.2) is 0 Å². The Morgan fingerprint density at radius 3 is 2.48 bits per heavy atom. The number of rotatable bonds is 5. The fraction of sp³-hybridized carbons (Fsp3) is 0.350. The number of ether oxygens (including phenoxy) is 2. The number of benzene rings is 2. The van der Waals surface area contributed by atoms with Crippen LogP contribution in [0.1, 0.15) is 19.4 Å². The van der Waals surface area contributed by atoms with Gasteiger partial charge in [0.1, 0.15) is 5.75 Å². The third-order valence-corrected chi connectivity index (χ3v) is 4.53. The Kier molecular flexibility index (Phi) is 6.10. The molecule has 0 aromatic heterocycles. The van der Waals surface area contributed by atoms with E-state index in [1.54, 1.807) is 0 Å². The summed E-state index contributed by atoms with van der Waals surface area (Å²) in [4.78, 5) is 6.90. The lowest BCUT2D eigenvalue weighted by atomic mass is 10.2. The van der Waals surface area contributed by atoms with E-state index >= 15 is 0 Å². The lowest BCUT2D eigenvalue weighted by Gasteiger charge is -2.28. The van der Waals surface area contributed by atoms with Crippen LogP contribution in [0.5, 0.6) is 5.75 Å². The topological polar surface area (TPSA) is 34.1 Å². The maximum Gasteiger partial charge on any atom is 0.133 e. The highest BCUT2D eigenvalue weighted by molar-refractivity contribution is 9.10. The van der Waals surface area contributed by atoms with Gasteiger partial charge in [-0.1, -0.05) is 0 Å². The molecule has 132 valence electrons. The molecule has 1 aliphatic heterocycles. The average molecular weight is 403 g/mol. The van der Waals surface area contributed by atoms with Crippen molar-refractivity contribution in [3.8, 4) is 5.75 Å². The Morgan fingerprint density at radius 1 is 1.12 bits per heavy atom. The van der Waals surface area contributed by atoms with Gasteiger partial charge < -0.3 is 14.4 Å². The first kappa shape index (κ1) is 18.0. The summed E-state index contributed by atoms with van der Waals surface area (Å²) in [6.07, 6.45) is 2.02. The summed E-state index contributed by atoms with van der Waals surface area (Å²) in [5.41, 5.74) is 3.19. The molecular weight excluding hydrogens is 380 g/mol. The number of nitrogens with zero attached hydrogens (tertiary/aromatic N) is 2. The molecule has 25 heavy (non-hydrogen) atoms. The number of aliphatic imine (C=N–C) groups is 1. The van der Waals surface area contributed by atoms with E-state index in [0.29, 0.717) is 0 Å². The number of hydrogen-bond donors (Lipinski definition) is 0. The van der Waals surface area contributed by atoms with Crippen molar-refractivity contribution < 1.29 is 9.47 Å². The van der Waals surface area contributed by atoms with Gasteiger partial charge in [0.2, 0.25) is 0 Å². The minimum absolute atomic E-state index is 0.154. The van der Waals surface area contributed by atoms with Gasteiger partial charge in [-0.3, -0.25) is 4.99 Å². The Bertz CT molecular complexity index is 723. The molecule has 1 saturated heterocycles. The maximum absolute atomic E-state index is 5.73. The highest BCUT2D eigenvalue weighted by Crippen LogP contribution is 2.27. The van der Waals surface area contributed by atoms with Crippen LogP contribution in [0.4, 0.5) is 11.4 Å². The minimum atomic E-state index is 0.154. The summed E-state index contributed by atoms with van der Waals surface area (Å²) in [6, 6.07) is 14.3. The summed E-state index contributed by atoms with van der Waals surface area (Å²) in [7, 11) is 0. The van der Waals surface area contributed by atoms with Crippen molar-refractivity contribution in [3.05, 3.63) is 52.5 Å². The molecule has 0 aliphatic carbocycles. The molecule has 5 heteroatoms. The van der Waals surface area contributed by atoms with E-state index in [1.165, 1.54) is 5.69 Å². The number of morpholine rings is 1. The highest BCUT2D eigenvalue weighted by atomic mass is 79.9. The lowest BCUT2D eigenvalue weighted by molar-refractivity contribution is 0.122. The molecule has 1 fully saturated rings. The average Bonchev–Trinajstić information content (AvgIpc) is 2.63. The second-order valence-electron chi connectivity index (χ2n) is 6.23. The van der Waals surface area contributed by atoms with Crippen LogP contribution in [0, 0.1) is 0 Å². The molecule has 1 heterocycles. The van der Waals surface area contributed by atoms with Crippen molar-refractivity contribution in [2.75, 3.05) is 31.2 Å². The van der Waals surface area contributed by atoms with Gasteiger partial charge in [0.05, 0.1) is 29.5 Å². The zero-order chi connectivity index (χ0) is 17.6. The summed E-state index contributed by atoms with van der Waals surface area (Å²) >= 11 is 3.55. The van der Waals surface area contributed by atoms with Gasteiger partial charge in [-0.05, 0) is 77.8 Å². The molecule has 0 radical (unpaired) electrons. The fourth-order valence-corrected chi connectivity index (χ4v) is 3.16. The molecular formula is C20H23BrN2O2. The Morgan fingerprint density at radius 2 is 1.84 bits per heavy atom. The lowest BCUT2D eigenvalue weighted by Crippen LogP contribution is -2.36. The standard InChI is InChI=1S/C20H23BrN2O2/c1-15(2)25-20-8-3-16(13-19(20)21)14-22-17-4-6-18(7-5-17)23-9-11-24-12-10-23/h3-8,13-15H,9-12H2,1-2H3. The molecule has 2 aromatic rings. The molecule has 0 amide bonds. The van der Waals surface area contributed by atoms with Crippen molar-refractivity contribution in [1.82, 2.24) is 0 Å². The Balaban J connectivity index is 1.66. The fourth-order valence-electron chi connectivity index (χ4n) is 2.67. The maximum atomic E-state index is 5.73. The second-order valence-corrected chi connectivity index (χ2v) is 7.08. The number of hydrogen-bond acceptors (Lipinski definition) is 4. The third kappa shape index (κ3) is 5.06. The first-order chi connectivity index (χ1) is 12.1. The number of halogens is 1. The third-order valence-electron chi connectivity index (χ3n) is 3.91. The molecule has 0 atom stereocenters. The van der Waals surface area contributed by atoms with Crippen LogP contribution in [-0.2, 0) is 4.74 Å². The van der Waals surface area contributed by atoms with Crippen LogP contribution < -0.4 is 9.64 Å². The first-order valence-electron chi connectivity index (χ1n) is 8.55. The first-order valence-corrected chi connectivity index (χ1v) is 9.34. The smallest absolute Gasteiger partial charge is 0.133 e. The van der Waals surface area contributed by atoms with Crippen LogP contribution in [0.15, 0.2) is 51.9 Å². The van der Waals surface area contributed by atoms with E-state index in [2.05, 4.69) is 38.0 Å². The van der Waals surface area contributed by atoms with E-state index in [0.717, 1.165) is 47.8 Å². The van der Waals surface area contributed by atoms with Gasteiger partial charge in [0.15, 0.2) is 0 Å². The molecule has 4 nitrogen and oxygen atoms in total. The summed E-state index contributed by atoms with van der Waals surface area (Å²) in [6.45, 7) is 7.52. The van der Waals surface area contributed by atoms with Crippen LogP contribution in [-0.4, -0.2) is 38.6 Å². The van der Waals surface area contributed by atoms with Gasteiger partial charge in [0.25, 0.3) is 0 Å². The Labute approximate surface area is 157 Å². The van der Waals surface area contributed by atoms with E-state index in [-0.39, 0.29) is 6.10 Å². The monoisotopic (exact) mass is 402 g/mol. The van der Waals surface area contributed by atoms with Crippen molar-refractivity contribution >= 4 is 33.5 Å². The van der Waals surface area contributed by atoms with Crippen LogP contribution in [0.3, 0.4) is 0 Å². The normalized spacial score (nSPS) is 15.1. The zero-order valence-corrected chi connectivity index (χ0v) is 16.2. The SMILES string of the molecule is CC(C)Oc1ccc(C=Nc2ccc(N3CCOCC3)cc2)cc1Br.